The van der Waals surface area contributed by atoms with Gasteiger partial charge in [0, 0.05) is 11.5 Å². The Bertz CT molecular complexity index is 1140. The summed E-state index contributed by atoms with van der Waals surface area (Å²) in [5, 5.41) is 12.7. The van der Waals surface area contributed by atoms with Gasteiger partial charge in [0.1, 0.15) is 28.1 Å². The van der Waals surface area contributed by atoms with Gasteiger partial charge in [-0.2, -0.15) is 0 Å². The highest BCUT2D eigenvalue weighted by Gasteiger charge is 2.16. The number of phenolic OH excluding ortho intramolecular Hbond substituents is 1. The van der Waals surface area contributed by atoms with E-state index >= 15 is 0 Å². The summed E-state index contributed by atoms with van der Waals surface area (Å²) >= 11 is 0. The Morgan fingerprint density at radius 1 is 1.04 bits per heavy atom. The number of benzene rings is 3. The van der Waals surface area contributed by atoms with E-state index < -0.39 is 0 Å². The molecule has 4 aromatic rings. The van der Waals surface area contributed by atoms with E-state index in [2.05, 4.69) is 0 Å². The zero-order valence-corrected chi connectivity index (χ0v) is 12.7. The van der Waals surface area contributed by atoms with Gasteiger partial charge < -0.3 is 14.3 Å². The number of rotatable bonds is 1. The Kier molecular flexibility index (Phi) is 2.81. The first kappa shape index (κ1) is 13.6. The second-order valence-electron chi connectivity index (χ2n) is 5.57. The number of aryl methyl sites for hydroxylation is 1. The number of fused-ring (bicyclic) bond motifs is 3. The van der Waals surface area contributed by atoms with Gasteiger partial charge in [-0.3, -0.25) is 4.79 Å². The van der Waals surface area contributed by atoms with Crippen molar-refractivity contribution in [2.75, 3.05) is 7.11 Å². The predicted octanol–water partition coefficient (Wildman–Crippen LogP) is 4.12. The molecule has 0 aliphatic heterocycles. The first-order valence-corrected chi connectivity index (χ1v) is 7.26. The zero-order valence-electron chi connectivity index (χ0n) is 12.7. The topological polar surface area (TPSA) is 59.7 Å². The molecule has 114 valence electrons. The molecule has 0 radical (unpaired) electrons. The van der Waals surface area contributed by atoms with Gasteiger partial charge in [0.05, 0.1) is 12.5 Å². The fourth-order valence-corrected chi connectivity index (χ4v) is 3.06. The summed E-state index contributed by atoms with van der Waals surface area (Å²) in [5.74, 6) is 0.589. The van der Waals surface area contributed by atoms with E-state index in [1.165, 1.54) is 0 Å². The normalized spacial score (nSPS) is 11.4. The average Bonchev–Trinajstić information content (AvgIpc) is 2.54. The van der Waals surface area contributed by atoms with Crippen LogP contribution in [0.15, 0.2) is 51.7 Å². The maximum Gasteiger partial charge on any atom is 0.204 e. The molecule has 23 heavy (non-hydrogen) atoms. The molecular weight excluding hydrogens is 292 g/mol. The summed E-state index contributed by atoms with van der Waals surface area (Å²) in [6, 6.07) is 12.6. The number of methoxy groups -OCH3 is 1. The summed E-state index contributed by atoms with van der Waals surface area (Å²) in [5.41, 5.74) is 1.34. The Balaban J connectivity index is 2.27. The molecule has 0 spiro atoms. The lowest BCUT2D eigenvalue weighted by Gasteiger charge is -2.09. The number of hydrogen-bond donors (Lipinski definition) is 1. The molecule has 0 saturated heterocycles. The van der Waals surface area contributed by atoms with E-state index in [-0.39, 0.29) is 16.6 Å². The van der Waals surface area contributed by atoms with E-state index in [1.54, 1.807) is 31.4 Å². The van der Waals surface area contributed by atoms with Crippen molar-refractivity contribution in [3.05, 3.63) is 58.3 Å². The van der Waals surface area contributed by atoms with Gasteiger partial charge in [-0.05, 0) is 30.0 Å². The Hall–Kier alpha value is -3.01. The van der Waals surface area contributed by atoms with Crippen molar-refractivity contribution in [2.24, 2.45) is 0 Å². The number of aromatic hydroxyl groups is 1. The third kappa shape index (κ3) is 1.88. The third-order valence-electron chi connectivity index (χ3n) is 4.17. The molecule has 4 heteroatoms. The largest absolute Gasteiger partial charge is 0.506 e. The molecule has 4 rings (SSSR count). The fourth-order valence-electron chi connectivity index (χ4n) is 3.06. The molecule has 1 heterocycles. The standard InChI is InChI=1S/C19H14O4/c1-10-7-12(22-2)9-15-16(10)19(21)17-14(23-15)8-11-5-3-4-6-13(11)18(17)20/h3-9,20H,1-2H3. The molecule has 0 bridgehead atoms. The summed E-state index contributed by atoms with van der Waals surface area (Å²) in [6.07, 6.45) is 0. The molecule has 4 nitrogen and oxygen atoms in total. The first-order chi connectivity index (χ1) is 11.1. The highest BCUT2D eigenvalue weighted by Crippen LogP contribution is 2.34. The molecule has 0 atom stereocenters. The number of ether oxygens (including phenoxy) is 1. The van der Waals surface area contributed by atoms with Gasteiger partial charge in [0.25, 0.3) is 0 Å². The lowest BCUT2D eigenvalue weighted by molar-refractivity contribution is 0.414. The number of hydrogen-bond acceptors (Lipinski definition) is 4. The summed E-state index contributed by atoms with van der Waals surface area (Å²) < 4.78 is 11.1. The zero-order chi connectivity index (χ0) is 16.1. The predicted molar refractivity (Wildman–Crippen MR) is 90.4 cm³/mol. The van der Waals surface area contributed by atoms with Crippen molar-refractivity contribution >= 4 is 32.7 Å². The van der Waals surface area contributed by atoms with Crippen molar-refractivity contribution in [3.8, 4) is 11.5 Å². The van der Waals surface area contributed by atoms with Crippen LogP contribution in [0.5, 0.6) is 11.5 Å². The van der Waals surface area contributed by atoms with Crippen LogP contribution in [0.3, 0.4) is 0 Å². The lowest BCUT2D eigenvalue weighted by Crippen LogP contribution is -2.05. The Morgan fingerprint density at radius 2 is 1.78 bits per heavy atom. The van der Waals surface area contributed by atoms with E-state index in [9.17, 15) is 9.90 Å². The molecule has 1 N–H and O–H groups in total. The van der Waals surface area contributed by atoms with Gasteiger partial charge >= 0.3 is 0 Å². The smallest absolute Gasteiger partial charge is 0.204 e. The minimum absolute atomic E-state index is 0.0380. The van der Waals surface area contributed by atoms with Gasteiger partial charge in [0.15, 0.2) is 0 Å². The quantitative estimate of drug-likeness (QED) is 0.537. The molecule has 0 saturated carbocycles. The SMILES string of the molecule is COc1cc(C)c2c(=O)c3c(O)c4ccccc4cc3oc2c1. The highest BCUT2D eigenvalue weighted by molar-refractivity contribution is 6.05. The monoisotopic (exact) mass is 306 g/mol. The summed E-state index contributed by atoms with van der Waals surface area (Å²) in [7, 11) is 1.57. The van der Waals surface area contributed by atoms with Gasteiger partial charge in [0.2, 0.25) is 5.43 Å². The average molecular weight is 306 g/mol. The Morgan fingerprint density at radius 3 is 2.57 bits per heavy atom. The summed E-state index contributed by atoms with van der Waals surface area (Å²) in [4.78, 5) is 12.9. The van der Waals surface area contributed by atoms with Crippen LogP contribution in [0.2, 0.25) is 0 Å². The van der Waals surface area contributed by atoms with Crippen molar-refractivity contribution in [2.45, 2.75) is 6.92 Å². The van der Waals surface area contributed by atoms with Crippen LogP contribution in [0, 0.1) is 6.92 Å². The molecule has 1 aromatic heterocycles. The van der Waals surface area contributed by atoms with Crippen molar-refractivity contribution in [3.63, 3.8) is 0 Å². The molecule has 0 aliphatic rings. The minimum atomic E-state index is -0.232. The van der Waals surface area contributed by atoms with Crippen LogP contribution in [0.25, 0.3) is 32.7 Å². The maximum absolute atomic E-state index is 12.9. The molecule has 0 aliphatic carbocycles. The van der Waals surface area contributed by atoms with Crippen LogP contribution in [-0.4, -0.2) is 12.2 Å². The van der Waals surface area contributed by atoms with E-state index in [4.69, 9.17) is 9.15 Å². The molecule has 0 unspecified atom stereocenters. The van der Waals surface area contributed by atoms with Gasteiger partial charge in [-0.15, -0.1) is 0 Å². The molecule has 0 fully saturated rings. The maximum atomic E-state index is 12.9. The third-order valence-corrected chi connectivity index (χ3v) is 4.17. The fraction of sp³-hybridized carbons (Fsp3) is 0.105. The molecular formula is C19H14O4. The van der Waals surface area contributed by atoms with Crippen molar-refractivity contribution in [1.82, 2.24) is 0 Å². The number of phenols is 1. The van der Waals surface area contributed by atoms with Crippen molar-refractivity contribution in [1.29, 1.82) is 0 Å². The van der Waals surface area contributed by atoms with Crippen LogP contribution >= 0.6 is 0 Å². The van der Waals surface area contributed by atoms with E-state index in [1.807, 2.05) is 25.1 Å². The van der Waals surface area contributed by atoms with Crippen molar-refractivity contribution < 1.29 is 14.3 Å². The van der Waals surface area contributed by atoms with Crippen LogP contribution in [0.4, 0.5) is 0 Å². The Labute approximate surface area is 131 Å². The highest BCUT2D eigenvalue weighted by atomic mass is 16.5. The lowest BCUT2D eigenvalue weighted by atomic mass is 10.0. The van der Waals surface area contributed by atoms with Crippen LogP contribution in [-0.2, 0) is 0 Å². The van der Waals surface area contributed by atoms with Crippen LogP contribution < -0.4 is 10.2 Å². The molecule has 3 aromatic carbocycles. The first-order valence-electron chi connectivity index (χ1n) is 7.26. The molecule has 0 amide bonds. The summed E-state index contributed by atoms with van der Waals surface area (Å²) in [6.45, 7) is 1.83. The van der Waals surface area contributed by atoms with E-state index in [0.717, 1.165) is 10.9 Å². The second kappa shape index (κ2) is 4.74. The minimum Gasteiger partial charge on any atom is -0.506 e. The second-order valence-corrected chi connectivity index (χ2v) is 5.57. The van der Waals surface area contributed by atoms with E-state index in [0.29, 0.717) is 27.7 Å². The van der Waals surface area contributed by atoms with Gasteiger partial charge in [-0.25, -0.2) is 0 Å². The van der Waals surface area contributed by atoms with Crippen LogP contribution in [0.1, 0.15) is 5.56 Å². The van der Waals surface area contributed by atoms with Gasteiger partial charge in [-0.1, -0.05) is 24.3 Å².